The van der Waals surface area contributed by atoms with Crippen molar-refractivity contribution < 1.29 is 14.3 Å². The van der Waals surface area contributed by atoms with Crippen LogP contribution in [0.4, 0.5) is 11.5 Å². The lowest BCUT2D eigenvalue weighted by atomic mass is 10.2. The van der Waals surface area contributed by atoms with Gasteiger partial charge in [-0.05, 0) is 42.0 Å². The number of rotatable bonds is 7. The van der Waals surface area contributed by atoms with Gasteiger partial charge in [0.05, 0.1) is 19.9 Å². The van der Waals surface area contributed by atoms with E-state index in [-0.39, 0.29) is 11.6 Å². The van der Waals surface area contributed by atoms with E-state index in [0.29, 0.717) is 34.6 Å². The number of amides is 1. The molecule has 8 heteroatoms. The highest BCUT2D eigenvalue weighted by molar-refractivity contribution is 6.30. The number of nitrogens with zero attached hydrogens (tertiary/aromatic N) is 2. The molecule has 0 bridgehead atoms. The molecule has 0 aliphatic rings. The van der Waals surface area contributed by atoms with Gasteiger partial charge in [-0.2, -0.15) is 0 Å². The summed E-state index contributed by atoms with van der Waals surface area (Å²) in [4.78, 5) is 12.2. The summed E-state index contributed by atoms with van der Waals surface area (Å²) in [7, 11) is 3.16. The topological polar surface area (TPSA) is 85.4 Å². The molecule has 0 aliphatic heterocycles. The van der Waals surface area contributed by atoms with Crippen LogP contribution in [0.3, 0.4) is 0 Å². The number of hydrogen-bond donors (Lipinski definition) is 2. The molecule has 2 N–H and O–H groups in total. The van der Waals surface area contributed by atoms with Gasteiger partial charge in [0.25, 0.3) is 5.91 Å². The molecular formula is C20H19ClN4O3. The van der Waals surface area contributed by atoms with E-state index in [1.165, 1.54) is 0 Å². The molecule has 7 nitrogen and oxygen atoms in total. The third-order valence-corrected chi connectivity index (χ3v) is 4.19. The third kappa shape index (κ3) is 4.89. The first-order chi connectivity index (χ1) is 13.6. The fourth-order valence-electron chi connectivity index (χ4n) is 2.43. The molecule has 2 aromatic carbocycles. The molecule has 0 spiro atoms. The lowest BCUT2D eigenvalue weighted by Gasteiger charge is -2.11. The Morgan fingerprint density at radius 1 is 1.00 bits per heavy atom. The zero-order chi connectivity index (χ0) is 19.9. The SMILES string of the molecule is COc1ccc(Nc2ccc(C(=O)NCc3ccc(Cl)cc3)nn2)c(OC)c1. The Bertz CT molecular complexity index is 947. The summed E-state index contributed by atoms with van der Waals surface area (Å²) in [6.45, 7) is 0.376. The van der Waals surface area contributed by atoms with E-state index < -0.39 is 0 Å². The quantitative estimate of drug-likeness (QED) is 0.629. The van der Waals surface area contributed by atoms with Crippen LogP contribution in [-0.2, 0) is 6.54 Å². The van der Waals surface area contributed by atoms with Gasteiger partial charge in [0.1, 0.15) is 11.5 Å². The maximum atomic E-state index is 12.2. The van der Waals surface area contributed by atoms with Crippen LogP contribution in [0, 0.1) is 0 Å². The molecule has 1 aromatic heterocycles. The molecular weight excluding hydrogens is 380 g/mol. The zero-order valence-electron chi connectivity index (χ0n) is 15.4. The van der Waals surface area contributed by atoms with Gasteiger partial charge in [-0.3, -0.25) is 4.79 Å². The standard InChI is InChI=1S/C20H19ClN4O3/c1-27-15-7-8-16(18(11-15)28-2)23-19-10-9-17(24-25-19)20(26)22-12-13-3-5-14(21)6-4-13/h3-11H,12H2,1-2H3,(H,22,26)(H,23,25). The molecule has 0 radical (unpaired) electrons. The Morgan fingerprint density at radius 3 is 2.43 bits per heavy atom. The van der Waals surface area contributed by atoms with Crippen molar-refractivity contribution in [2.24, 2.45) is 0 Å². The minimum Gasteiger partial charge on any atom is -0.497 e. The molecule has 144 valence electrons. The van der Waals surface area contributed by atoms with Crippen molar-refractivity contribution >= 4 is 29.0 Å². The number of nitrogens with one attached hydrogen (secondary N) is 2. The van der Waals surface area contributed by atoms with Crippen LogP contribution in [-0.4, -0.2) is 30.3 Å². The van der Waals surface area contributed by atoms with Gasteiger partial charge in [0.2, 0.25) is 0 Å². The van der Waals surface area contributed by atoms with Crippen LogP contribution < -0.4 is 20.1 Å². The van der Waals surface area contributed by atoms with Gasteiger partial charge in [-0.25, -0.2) is 0 Å². The first-order valence-corrected chi connectivity index (χ1v) is 8.82. The molecule has 3 rings (SSSR count). The van der Waals surface area contributed by atoms with Crippen molar-refractivity contribution in [3.8, 4) is 11.5 Å². The second-order valence-corrected chi connectivity index (χ2v) is 6.24. The summed E-state index contributed by atoms with van der Waals surface area (Å²) in [5.41, 5.74) is 1.87. The second-order valence-electron chi connectivity index (χ2n) is 5.80. The van der Waals surface area contributed by atoms with Gasteiger partial charge >= 0.3 is 0 Å². The second kappa shape index (κ2) is 9.05. The average Bonchev–Trinajstić information content (AvgIpc) is 2.74. The van der Waals surface area contributed by atoms with Crippen molar-refractivity contribution in [1.82, 2.24) is 15.5 Å². The van der Waals surface area contributed by atoms with Gasteiger partial charge in [0.15, 0.2) is 11.5 Å². The molecule has 0 aliphatic carbocycles. The molecule has 3 aromatic rings. The lowest BCUT2D eigenvalue weighted by molar-refractivity contribution is 0.0945. The molecule has 0 fully saturated rings. The maximum Gasteiger partial charge on any atom is 0.272 e. The van der Waals surface area contributed by atoms with Gasteiger partial charge in [0, 0.05) is 17.6 Å². The Kier molecular flexibility index (Phi) is 6.29. The fourth-order valence-corrected chi connectivity index (χ4v) is 2.56. The highest BCUT2D eigenvalue weighted by Gasteiger charge is 2.10. The van der Waals surface area contributed by atoms with Crippen molar-refractivity contribution in [2.45, 2.75) is 6.54 Å². The van der Waals surface area contributed by atoms with Crippen molar-refractivity contribution in [1.29, 1.82) is 0 Å². The number of halogens is 1. The predicted octanol–water partition coefficient (Wildman–Crippen LogP) is 3.82. The summed E-state index contributed by atoms with van der Waals surface area (Å²) >= 11 is 5.85. The largest absolute Gasteiger partial charge is 0.497 e. The molecule has 0 saturated carbocycles. The first kappa shape index (κ1) is 19.4. The minimum absolute atomic E-state index is 0.223. The molecule has 1 heterocycles. The van der Waals surface area contributed by atoms with Gasteiger partial charge in [-0.15, -0.1) is 10.2 Å². The van der Waals surface area contributed by atoms with Crippen LogP contribution in [0.15, 0.2) is 54.6 Å². The summed E-state index contributed by atoms with van der Waals surface area (Å²) in [5.74, 6) is 1.46. The van der Waals surface area contributed by atoms with Gasteiger partial charge in [-0.1, -0.05) is 23.7 Å². The lowest BCUT2D eigenvalue weighted by Crippen LogP contribution is -2.24. The van der Waals surface area contributed by atoms with Crippen molar-refractivity contribution in [2.75, 3.05) is 19.5 Å². The van der Waals surface area contributed by atoms with E-state index in [0.717, 1.165) is 5.56 Å². The number of hydrogen-bond acceptors (Lipinski definition) is 6. The average molecular weight is 399 g/mol. The van der Waals surface area contributed by atoms with Crippen LogP contribution >= 0.6 is 11.6 Å². The van der Waals surface area contributed by atoms with Crippen LogP contribution in [0.25, 0.3) is 0 Å². The zero-order valence-corrected chi connectivity index (χ0v) is 16.2. The monoisotopic (exact) mass is 398 g/mol. The van der Waals surface area contributed by atoms with E-state index in [1.54, 1.807) is 50.6 Å². The first-order valence-electron chi connectivity index (χ1n) is 8.44. The number of benzene rings is 2. The Morgan fingerprint density at radius 2 is 1.79 bits per heavy atom. The van der Waals surface area contributed by atoms with E-state index in [9.17, 15) is 4.79 Å². The minimum atomic E-state index is -0.309. The normalized spacial score (nSPS) is 10.2. The number of methoxy groups -OCH3 is 2. The third-order valence-electron chi connectivity index (χ3n) is 3.93. The molecule has 28 heavy (non-hydrogen) atoms. The number of ether oxygens (including phenoxy) is 2. The highest BCUT2D eigenvalue weighted by Crippen LogP contribution is 2.30. The summed E-state index contributed by atoms with van der Waals surface area (Å²) < 4.78 is 10.5. The van der Waals surface area contributed by atoms with E-state index in [2.05, 4.69) is 20.8 Å². The van der Waals surface area contributed by atoms with E-state index >= 15 is 0 Å². The van der Waals surface area contributed by atoms with Crippen LogP contribution in [0.2, 0.25) is 5.02 Å². The van der Waals surface area contributed by atoms with Gasteiger partial charge < -0.3 is 20.1 Å². The van der Waals surface area contributed by atoms with Crippen molar-refractivity contribution in [3.05, 3.63) is 70.9 Å². The van der Waals surface area contributed by atoms with E-state index in [4.69, 9.17) is 21.1 Å². The molecule has 0 atom stereocenters. The smallest absolute Gasteiger partial charge is 0.272 e. The molecule has 0 saturated heterocycles. The Balaban J connectivity index is 1.63. The van der Waals surface area contributed by atoms with Crippen LogP contribution in [0.5, 0.6) is 11.5 Å². The van der Waals surface area contributed by atoms with E-state index in [1.807, 2.05) is 18.2 Å². The summed E-state index contributed by atoms with van der Waals surface area (Å²) in [6.07, 6.45) is 0. The summed E-state index contributed by atoms with van der Waals surface area (Å²) in [5, 5.41) is 14.6. The number of anilines is 2. The van der Waals surface area contributed by atoms with Crippen LogP contribution in [0.1, 0.15) is 16.1 Å². The Labute approximate surface area is 167 Å². The highest BCUT2D eigenvalue weighted by atomic mass is 35.5. The Hall–Kier alpha value is -3.32. The van der Waals surface area contributed by atoms with Crippen molar-refractivity contribution in [3.63, 3.8) is 0 Å². The summed E-state index contributed by atoms with van der Waals surface area (Å²) in [6, 6.07) is 15.9. The predicted molar refractivity (Wildman–Crippen MR) is 107 cm³/mol. The molecule has 0 unspecified atom stereocenters. The number of aromatic nitrogens is 2. The number of carbonyl (C=O) groups excluding carboxylic acids is 1. The molecule has 1 amide bonds. The maximum absolute atomic E-state index is 12.2. The number of carbonyl (C=O) groups is 1. The fraction of sp³-hybridized carbons (Fsp3) is 0.150.